The summed E-state index contributed by atoms with van der Waals surface area (Å²) in [4.78, 5) is 0. The molecule has 0 aromatic carbocycles. The van der Waals surface area contributed by atoms with Crippen molar-refractivity contribution in [3.8, 4) is 0 Å². The van der Waals surface area contributed by atoms with E-state index in [1.165, 1.54) is 0 Å². The van der Waals surface area contributed by atoms with Crippen molar-refractivity contribution in [2.24, 2.45) is 5.41 Å². The lowest BCUT2D eigenvalue weighted by molar-refractivity contribution is -0.209. The molecule has 1 N–H and O–H groups in total. The van der Waals surface area contributed by atoms with Crippen molar-refractivity contribution in [3.63, 3.8) is 0 Å². The molecule has 0 bridgehead atoms. The van der Waals surface area contributed by atoms with E-state index in [0.717, 1.165) is 0 Å². The van der Waals surface area contributed by atoms with E-state index in [1.807, 2.05) is 0 Å². The lowest BCUT2D eigenvalue weighted by atomic mass is 9.89. The third-order valence-electron chi connectivity index (χ3n) is 2.29. The van der Waals surface area contributed by atoms with Crippen LogP contribution in [-0.2, 0) is 10.2 Å². The Morgan fingerprint density at radius 1 is 1.36 bits per heavy atom. The minimum Gasteiger partial charge on any atom is -0.316 e. The average Bonchev–Trinajstić information content (AvgIpc) is 2.31. The fourth-order valence-corrected chi connectivity index (χ4v) is 2.59. The van der Waals surface area contributed by atoms with Gasteiger partial charge in [0.2, 0.25) is 0 Å². The van der Waals surface area contributed by atoms with Gasteiger partial charge < -0.3 is 5.32 Å². The van der Waals surface area contributed by atoms with Crippen LogP contribution in [-0.4, -0.2) is 33.4 Å². The predicted molar refractivity (Wildman–Crippen MR) is 40.9 cm³/mol. The lowest BCUT2D eigenvalue weighted by Gasteiger charge is -2.28. The van der Waals surface area contributed by atoms with Gasteiger partial charge in [0.05, 0.1) is 11.2 Å². The highest BCUT2D eigenvalue weighted by molar-refractivity contribution is 7.86. The number of hydrogen-bond acceptors (Lipinski definition) is 3. The fourth-order valence-electron chi connectivity index (χ4n) is 1.52. The number of halogens is 4. The Balaban J connectivity index is 2.95. The third-order valence-corrected chi connectivity index (χ3v) is 3.19. The molecule has 0 spiro atoms. The van der Waals surface area contributed by atoms with Gasteiger partial charge in [-0.25, -0.2) is 0 Å². The van der Waals surface area contributed by atoms with E-state index >= 15 is 0 Å². The van der Waals surface area contributed by atoms with Crippen molar-refractivity contribution in [1.29, 1.82) is 0 Å². The summed E-state index contributed by atoms with van der Waals surface area (Å²) in [5.74, 6) is -1.49. The molecule has 3 nitrogen and oxygen atoms in total. The summed E-state index contributed by atoms with van der Waals surface area (Å²) in [6, 6.07) is 0. The van der Waals surface area contributed by atoms with E-state index < -0.39 is 40.5 Å². The summed E-state index contributed by atoms with van der Waals surface area (Å²) >= 11 is 0. The van der Waals surface area contributed by atoms with E-state index in [4.69, 9.17) is 0 Å². The van der Waals surface area contributed by atoms with Gasteiger partial charge in [-0.3, -0.25) is 0 Å². The SMILES string of the molecule is O=S(=O)(F)CC1(C(F)(F)F)CCNC1. The standard InChI is InChI=1S/C6H9F4NO2S/c7-6(8,9)5(1-2-11-3-5)4-14(10,12)13/h11H,1-4H2. The lowest BCUT2D eigenvalue weighted by Crippen LogP contribution is -2.44. The number of alkyl halides is 3. The van der Waals surface area contributed by atoms with Gasteiger partial charge in [-0.2, -0.15) is 21.6 Å². The van der Waals surface area contributed by atoms with Crippen LogP contribution in [0, 0.1) is 5.41 Å². The number of nitrogens with one attached hydrogen (secondary N) is 1. The molecule has 8 heteroatoms. The van der Waals surface area contributed by atoms with Crippen molar-refractivity contribution in [2.45, 2.75) is 12.6 Å². The first-order chi connectivity index (χ1) is 6.16. The van der Waals surface area contributed by atoms with Gasteiger partial charge >= 0.3 is 16.4 Å². The van der Waals surface area contributed by atoms with Gasteiger partial charge in [0, 0.05) is 6.54 Å². The minimum absolute atomic E-state index is 0.0506. The molecule has 14 heavy (non-hydrogen) atoms. The summed E-state index contributed by atoms with van der Waals surface area (Å²) in [6.07, 6.45) is -5.10. The second kappa shape index (κ2) is 3.34. The second-order valence-electron chi connectivity index (χ2n) is 3.39. The quantitative estimate of drug-likeness (QED) is 0.569. The average molecular weight is 235 g/mol. The van der Waals surface area contributed by atoms with Crippen LogP contribution in [0.1, 0.15) is 6.42 Å². The van der Waals surface area contributed by atoms with Gasteiger partial charge in [-0.05, 0) is 13.0 Å². The number of rotatable bonds is 2. The van der Waals surface area contributed by atoms with Crippen LogP contribution in [0.3, 0.4) is 0 Å². The molecule has 0 amide bonds. The Bertz CT molecular complexity index is 304. The van der Waals surface area contributed by atoms with Crippen molar-refractivity contribution < 1.29 is 25.5 Å². The normalized spacial score (nSPS) is 29.4. The third kappa shape index (κ3) is 2.35. The van der Waals surface area contributed by atoms with Crippen LogP contribution in [0.5, 0.6) is 0 Å². The highest BCUT2D eigenvalue weighted by atomic mass is 32.3. The zero-order valence-corrected chi connectivity index (χ0v) is 7.88. The molecule has 0 aromatic rings. The summed E-state index contributed by atoms with van der Waals surface area (Å²) in [5.41, 5.74) is -2.46. The van der Waals surface area contributed by atoms with Crippen molar-refractivity contribution in [3.05, 3.63) is 0 Å². The number of hydrogen-bond donors (Lipinski definition) is 1. The molecule has 1 fully saturated rings. The van der Waals surface area contributed by atoms with E-state index in [0.29, 0.717) is 0 Å². The van der Waals surface area contributed by atoms with Crippen LogP contribution in [0.15, 0.2) is 0 Å². The first-order valence-corrected chi connectivity index (χ1v) is 5.41. The van der Waals surface area contributed by atoms with Crippen LogP contribution in [0.4, 0.5) is 17.1 Å². The van der Waals surface area contributed by atoms with E-state index in [-0.39, 0.29) is 6.54 Å². The Hall–Kier alpha value is -0.370. The molecule has 0 radical (unpaired) electrons. The van der Waals surface area contributed by atoms with Crippen molar-refractivity contribution >= 4 is 10.2 Å². The first kappa shape index (κ1) is 11.7. The van der Waals surface area contributed by atoms with Gasteiger partial charge in [-0.15, -0.1) is 3.89 Å². The Labute approximate surface area is 78.7 Å². The predicted octanol–water partition coefficient (Wildman–Crippen LogP) is 0.828. The van der Waals surface area contributed by atoms with Crippen LogP contribution < -0.4 is 5.32 Å². The Morgan fingerprint density at radius 3 is 2.21 bits per heavy atom. The molecular weight excluding hydrogens is 226 g/mol. The molecular formula is C6H9F4NO2S. The maximum atomic E-state index is 12.5. The molecule has 1 saturated heterocycles. The van der Waals surface area contributed by atoms with Gasteiger partial charge in [0.15, 0.2) is 0 Å². The molecule has 1 aliphatic rings. The zero-order chi connectivity index (χ0) is 11.0. The largest absolute Gasteiger partial charge is 0.396 e. The van der Waals surface area contributed by atoms with Crippen molar-refractivity contribution in [2.75, 3.05) is 18.8 Å². The van der Waals surface area contributed by atoms with Crippen molar-refractivity contribution in [1.82, 2.24) is 5.32 Å². The van der Waals surface area contributed by atoms with Crippen LogP contribution in [0.2, 0.25) is 0 Å². The minimum atomic E-state index is -5.11. The Kier molecular flexibility index (Phi) is 2.79. The summed E-state index contributed by atoms with van der Waals surface area (Å²) in [7, 11) is -5.11. The second-order valence-corrected chi connectivity index (χ2v) is 4.75. The molecule has 0 aromatic heterocycles. The van der Waals surface area contributed by atoms with E-state index in [2.05, 4.69) is 5.32 Å². The molecule has 1 unspecified atom stereocenters. The smallest absolute Gasteiger partial charge is 0.316 e. The fraction of sp³-hybridized carbons (Fsp3) is 1.00. The Morgan fingerprint density at radius 2 is 1.93 bits per heavy atom. The highest BCUT2D eigenvalue weighted by Crippen LogP contribution is 2.44. The molecule has 1 atom stereocenters. The van der Waals surface area contributed by atoms with E-state index in [1.54, 1.807) is 0 Å². The summed E-state index contributed by atoms with van der Waals surface area (Å²) < 4.78 is 70.2. The molecule has 0 saturated carbocycles. The van der Waals surface area contributed by atoms with Gasteiger partial charge in [0.1, 0.15) is 0 Å². The van der Waals surface area contributed by atoms with E-state index in [9.17, 15) is 25.5 Å². The van der Waals surface area contributed by atoms with Gasteiger partial charge in [0.25, 0.3) is 0 Å². The molecule has 1 aliphatic heterocycles. The first-order valence-electron chi connectivity index (χ1n) is 3.86. The summed E-state index contributed by atoms with van der Waals surface area (Å²) in [5, 5.41) is 2.39. The molecule has 1 rings (SSSR count). The zero-order valence-electron chi connectivity index (χ0n) is 7.07. The summed E-state index contributed by atoms with van der Waals surface area (Å²) in [6.45, 7) is -0.491. The molecule has 1 heterocycles. The van der Waals surface area contributed by atoms with Crippen LogP contribution in [0.25, 0.3) is 0 Å². The topological polar surface area (TPSA) is 46.2 Å². The molecule has 0 aliphatic carbocycles. The highest BCUT2D eigenvalue weighted by Gasteiger charge is 2.58. The van der Waals surface area contributed by atoms with Crippen LogP contribution >= 0.6 is 0 Å². The molecule has 84 valence electrons. The monoisotopic (exact) mass is 235 g/mol. The maximum absolute atomic E-state index is 12.5. The maximum Gasteiger partial charge on any atom is 0.396 e. The van der Waals surface area contributed by atoms with Gasteiger partial charge in [-0.1, -0.05) is 0 Å².